The van der Waals surface area contributed by atoms with Gasteiger partial charge in [0, 0.05) is 18.6 Å². The van der Waals surface area contributed by atoms with Gasteiger partial charge in [-0.1, -0.05) is 0 Å². The van der Waals surface area contributed by atoms with Gasteiger partial charge in [0.15, 0.2) is 0 Å². The van der Waals surface area contributed by atoms with Crippen LogP contribution in [0.4, 0.5) is 5.82 Å². The van der Waals surface area contributed by atoms with Crippen molar-refractivity contribution >= 4 is 5.82 Å². The van der Waals surface area contributed by atoms with Gasteiger partial charge in [0.1, 0.15) is 23.8 Å². The van der Waals surface area contributed by atoms with Crippen LogP contribution >= 0.6 is 0 Å². The molecule has 0 radical (unpaired) electrons. The Morgan fingerprint density at radius 2 is 2.44 bits per heavy atom. The molecule has 2 rings (SSSR count). The number of rotatable bonds is 4. The number of hydrogen-bond donors (Lipinski definition) is 1. The molecule has 1 aliphatic heterocycles. The molecule has 0 aromatic carbocycles. The fraction of sp³-hybridized carbons (Fsp3) is 0.615. The SMILES string of the molecule is CC(C)N(CC1CCCN1)c1ncncc1C#N. The molecular weight excluding hydrogens is 226 g/mol. The Balaban J connectivity index is 2.21. The van der Waals surface area contributed by atoms with Crippen LogP contribution < -0.4 is 10.2 Å². The molecule has 5 heteroatoms. The summed E-state index contributed by atoms with van der Waals surface area (Å²) in [5.74, 6) is 0.746. The van der Waals surface area contributed by atoms with E-state index in [2.05, 4.69) is 40.1 Å². The Morgan fingerprint density at radius 3 is 3.06 bits per heavy atom. The van der Waals surface area contributed by atoms with Gasteiger partial charge in [-0.3, -0.25) is 0 Å². The largest absolute Gasteiger partial charge is 0.351 e. The molecule has 5 nitrogen and oxygen atoms in total. The molecule has 1 atom stereocenters. The van der Waals surface area contributed by atoms with Gasteiger partial charge in [0.05, 0.1) is 6.20 Å². The van der Waals surface area contributed by atoms with Crippen molar-refractivity contribution in [1.82, 2.24) is 15.3 Å². The van der Waals surface area contributed by atoms with Crippen molar-refractivity contribution in [2.24, 2.45) is 0 Å². The Hall–Kier alpha value is -1.67. The van der Waals surface area contributed by atoms with Gasteiger partial charge >= 0.3 is 0 Å². The molecule has 0 spiro atoms. The average molecular weight is 245 g/mol. The molecule has 0 saturated carbocycles. The van der Waals surface area contributed by atoms with Crippen LogP contribution in [0.3, 0.4) is 0 Å². The van der Waals surface area contributed by atoms with Crippen molar-refractivity contribution in [1.29, 1.82) is 5.26 Å². The van der Waals surface area contributed by atoms with E-state index in [1.54, 1.807) is 6.20 Å². The number of nitrogens with one attached hydrogen (secondary N) is 1. The third-order valence-corrected chi connectivity index (χ3v) is 3.29. The minimum Gasteiger partial charge on any atom is -0.351 e. The third-order valence-electron chi connectivity index (χ3n) is 3.29. The van der Waals surface area contributed by atoms with E-state index in [9.17, 15) is 0 Å². The van der Waals surface area contributed by atoms with Crippen molar-refractivity contribution in [3.8, 4) is 6.07 Å². The van der Waals surface area contributed by atoms with E-state index >= 15 is 0 Å². The van der Waals surface area contributed by atoms with E-state index in [4.69, 9.17) is 5.26 Å². The minimum absolute atomic E-state index is 0.314. The van der Waals surface area contributed by atoms with Crippen LogP contribution in [-0.2, 0) is 0 Å². The summed E-state index contributed by atoms with van der Waals surface area (Å²) >= 11 is 0. The molecule has 1 saturated heterocycles. The van der Waals surface area contributed by atoms with E-state index in [0.717, 1.165) is 18.9 Å². The van der Waals surface area contributed by atoms with Crippen LogP contribution in [0.1, 0.15) is 32.3 Å². The zero-order chi connectivity index (χ0) is 13.0. The second kappa shape index (κ2) is 5.78. The van der Waals surface area contributed by atoms with Crippen LogP contribution in [0.5, 0.6) is 0 Å². The number of hydrogen-bond acceptors (Lipinski definition) is 5. The quantitative estimate of drug-likeness (QED) is 0.866. The van der Waals surface area contributed by atoms with E-state index in [1.807, 2.05) is 0 Å². The van der Waals surface area contributed by atoms with Crippen LogP contribution in [0.25, 0.3) is 0 Å². The predicted octanol–water partition coefficient (Wildman–Crippen LogP) is 1.32. The topological polar surface area (TPSA) is 64.8 Å². The Bertz CT molecular complexity index is 431. The molecule has 0 amide bonds. The molecule has 0 aliphatic carbocycles. The highest BCUT2D eigenvalue weighted by Gasteiger charge is 2.22. The third kappa shape index (κ3) is 2.77. The van der Waals surface area contributed by atoms with Crippen molar-refractivity contribution in [3.05, 3.63) is 18.1 Å². The lowest BCUT2D eigenvalue weighted by Crippen LogP contribution is -2.42. The van der Waals surface area contributed by atoms with Crippen molar-refractivity contribution in [2.45, 2.75) is 38.8 Å². The first-order valence-electron chi connectivity index (χ1n) is 6.42. The van der Waals surface area contributed by atoms with Gasteiger partial charge in [0.2, 0.25) is 0 Å². The number of nitriles is 1. The first kappa shape index (κ1) is 12.8. The summed E-state index contributed by atoms with van der Waals surface area (Å²) in [6, 6.07) is 2.98. The van der Waals surface area contributed by atoms with Crippen LogP contribution in [0.15, 0.2) is 12.5 Å². The summed E-state index contributed by atoms with van der Waals surface area (Å²) in [4.78, 5) is 10.4. The van der Waals surface area contributed by atoms with E-state index in [-0.39, 0.29) is 0 Å². The summed E-state index contributed by atoms with van der Waals surface area (Å²) in [6.07, 6.45) is 5.51. The molecule has 0 bridgehead atoms. The molecular formula is C13H19N5. The van der Waals surface area contributed by atoms with Crippen molar-refractivity contribution in [2.75, 3.05) is 18.0 Å². The fourth-order valence-electron chi connectivity index (χ4n) is 2.32. The van der Waals surface area contributed by atoms with Gasteiger partial charge in [-0.25, -0.2) is 9.97 Å². The first-order valence-corrected chi connectivity index (χ1v) is 6.42. The number of nitrogens with zero attached hydrogens (tertiary/aromatic N) is 4. The molecule has 1 aromatic heterocycles. The van der Waals surface area contributed by atoms with Gasteiger partial charge in [-0.05, 0) is 33.2 Å². The maximum absolute atomic E-state index is 9.14. The summed E-state index contributed by atoms with van der Waals surface area (Å²) in [5.41, 5.74) is 0.546. The molecule has 1 aromatic rings. The lowest BCUT2D eigenvalue weighted by molar-refractivity contribution is 0.548. The molecule has 1 aliphatic rings. The van der Waals surface area contributed by atoms with Crippen molar-refractivity contribution < 1.29 is 0 Å². The highest BCUT2D eigenvalue weighted by molar-refractivity contribution is 5.52. The summed E-state index contributed by atoms with van der Waals surface area (Å²) in [6.45, 7) is 6.23. The lowest BCUT2D eigenvalue weighted by Gasteiger charge is -2.30. The highest BCUT2D eigenvalue weighted by Crippen LogP contribution is 2.20. The summed E-state index contributed by atoms with van der Waals surface area (Å²) in [7, 11) is 0. The second-order valence-electron chi connectivity index (χ2n) is 4.91. The maximum atomic E-state index is 9.14. The standard InChI is InChI=1S/C13H19N5/c1-10(2)18(8-12-4-3-5-16-12)13-11(6-14)7-15-9-17-13/h7,9-10,12,16H,3-5,8H2,1-2H3. The second-order valence-corrected chi connectivity index (χ2v) is 4.91. The van der Waals surface area contributed by atoms with Crippen molar-refractivity contribution in [3.63, 3.8) is 0 Å². The molecule has 1 N–H and O–H groups in total. The fourth-order valence-corrected chi connectivity index (χ4v) is 2.32. The Morgan fingerprint density at radius 1 is 1.61 bits per heavy atom. The molecule has 1 unspecified atom stereocenters. The average Bonchev–Trinajstić information content (AvgIpc) is 2.88. The Kier molecular flexibility index (Phi) is 4.11. The first-order chi connectivity index (χ1) is 8.72. The van der Waals surface area contributed by atoms with E-state index in [0.29, 0.717) is 17.6 Å². The smallest absolute Gasteiger partial charge is 0.150 e. The molecule has 96 valence electrons. The van der Waals surface area contributed by atoms with Gasteiger partial charge in [-0.2, -0.15) is 5.26 Å². The monoisotopic (exact) mass is 245 g/mol. The van der Waals surface area contributed by atoms with Crippen LogP contribution in [0, 0.1) is 11.3 Å². The van der Waals surface area contributed by atoms with E-state index in [1.165, 1.54) is 19.2 Å². The van der Waals surface area contributed by atoms with E-state index < -0.39 is 0 Å². The lowest BCUT2D eigenvalue weighted by atomic mass is 10.1. The normalized spacial score (nSPS) is 18.9. The molecule has 18 heavy (non-hydrogen) atoms. The van der Waals surface area contributed by atoms with Gasteiger partial charge in [0.25, 0.3) is 0 Å². The van der Waals surface area contributed by atoms with Crippen LogP contribution in [0.2, 0.25) is 0 Å². The highest BCUT2D eigenvalue weighted by atomic mass is 15.2. The van der Waals surface area contributed by atoms with Gasteiger partial charge in [-0.15, -0.1) is 0 Å². The van der Waals surface area contributed by atoms with Crippen LogP contribution in [-0.4, -0.2) is 35.1 Å². The number of anilines is 1. The Labute approximate surface area is 108 Å². The molecule has 2 heterocycles. The maximum Gasteiger partial charge on any atom is 0.150 e. The minimum atomic E-state index is 0.314. The zero-order valence-electron chi connectivity index (χ0n) is 10.9. The van der Waals surface area contributed by atoms with Gasteiger partial charge < -0.3 is 10.2 Å². The summed E-state index contributed by atoms with van der Waals surface area (Å²) in [5, 5.41) is 12.6. The summed E-state index contributed by atoms with van der Waals surface area (Å²) < 4.78 is 0. The number of aromatic nitrogens is 2. The molecule has 1 fully saturated rings. The predicted molar refractivity (Wildman–Crippen MR) is 70.3 cm³/mol. The zero-order valence-corrected chi connectivity index (χ0v) is 10.9.